The van der Waals surface area contributed by atoms with E-state index in [-0.39, 0.29) is 0 Å². The first-order chi connectivity index (χ1) is 9.26. The van der Waals surface area contributed by atoms with Crippen LogP contribution in [0.5, 0.6) is 0 Å². The van der Waals surface area contributed by atoms with Crippen molar-refractivity contribution in [1.82, 2.24) is 14.4 Å². The molecule has 1 fully saturated rings. The second kappa shape index (κ2) is 5.28. The molecule has 2 unspecified atom stereocenters. The average molecular weight is 277 g/mol. The van der Waals surface area contributed by atoms with Gasteiger partial charge in [-0.25, -0.2) is 9.97 Å². The van der Waals surface area contributed by atoms with Crippen molar-refractivity contribution in [3.63, 3.8) is 0 Å². The number of rotatable bonds is 3. The third-order valence-corrected chi connectivity index (χ3v) is 4.79. The van der Waals surface area contributed by atoms with Gasteiger partial charge in [-0.1, -0.05) is 6.42 Å². The number of fused-ring (bicyclic) bond motifs is 1. The molecule has 19 heavy (non-hydrogen) atoms. The van der Waals surface area contributed by atoms with Gasteiger partial charge < -0.3 is 15.5 Å². The summed E-state index contributed by atoms with van der Waals surface area (Å²) in [7, 11) is 0. The van der Waals surface area contributed by atoms with Gasteiger partial charge in [-0.05, 0) is 25.5 Å². The maximum absolute atomic E-state index is 5.84. The smallest absolute Gasteiger partial charge is 0.180 e. The van der Waals surface area contributed by atoms with Gasteiger partial charge in [-0.15, -0.1) is 0 Å². The predicted molar refractivity (Wildman–Crippen MR) is 80.6 cm³/mol. The van der Waals surface area contributed by atoms with Gasteiger partial charge in [0.2, 0.25) is 0 Å². The Hall–Kier alpha value is -1.43. The molecule has 2 atom stereocenters. The van der Waals surface area contributed by atoms with Crippen molar-refractivity contribution in [2.75, 3.05) is 17.3 Å². The van der Waals surface area contributed by atoms with Gasteiger partial charge in [0.05, 0.1) is 6.20 Å². The van der Waals surface area contributed by atoms with E-state index in [1.54, 1.807) is 12.4 Å². The van der Waals surface area contributed by atoms with Crippen LogP contribution < -0.4 is 11.1 Å². The van der Waals surface area contributed by atoms with Gasteiger partial charge in [0.15, 0.2) is 11.5 Å². The van der Waals surface area contributed by atoms with Crippen LogP contribution in [0.15, 0.2) is 18.6 Å². The summed E-state index contributed by atoms with van der Waals surface area (Å²) in [5, 5.41) is 4.28. The Morgan fingerprint density at radius 3 is 3.21 bits per heavy atom. The van der Waals surface area contributed by atoms with Gasteiger partial charge in [-0.3, -0.25) is 0 Å². The van der Waals surface area contributed by atoms with Crippen LogP contribution in [0.4, 0.5) is 11.6 Å². The second-order valence-electron chi connectivity index (χ2n) is 5.04. The Labute approximate surface area is 117 Å². The summed E-state index contributed by atoms with van der Waals surface area (Å²) in [6, 6.07) is 0.473. The highest BCUT2D eigenvalue weighted by atomic mass is 32.2. The predicted octanol–water partition coefficient (Wildman–Crippen LogP) is 2.40. The lowest BCUT2D eigenvalue weighted by atomic mass is 9.95. The lowest BCUT2D eigenvalue weighted by molar-refractivity contribution is 0.473. The van der Waals surface area contributed by atoms with Crippen molar-refractivity contribution in [2.24, 2.45) is 0 Å². The molecule has 1 saturated carbocycles. The van der Waals surface area contributed by atoms with Crippen LogP contribution in [0.2, 0.25) is 0 Å². The van der Waals surface area contributed by atoms with Gasteiger partial charge in [-0.2, -0.15) is 11.8 Å². The molecule has 0 aliphatic heterocycles. The number of aromatic nitrogens is 3. The number of hydrogen-bond acceptors (Lipinski definition) is 5. The molecule has 3 rings (SSSR count). The first-order valence-electron chi connectivity index (χ1n) is 6.65. The molecule has 2 aromatic heterocycles. The van der Waals surface area contributed by atoms with Crippen molar-refractivity contribution >= 4 is 29.0 Å². The Kier molecular flexibility index (Phi) is 3.50. The van der Waals surface area contributed by atoms with Crippen molar-refractivity contribution in [1.29, 1.82) is 0 Å². The molecule has 0 amide bonds. The van der Waals surface area contributed by atoms with E-state index >= 15 is 0 Å². The first-order valence-corrected chi connectivity index (χ1v) is 7.93. The summed E-state index contributed by atoms with van der Waals surface area (Å²) in [4.78, 5) is 8.74. The van der Waals surface area contributed by atoms with E-state index in [4.69, 9.17) is 5.73 Å². The molecule has 0 radical (unpaired) electrons. The fourth-order valence-electron chi connectivity index (χ4n) is 2.73. The minimum Gasteiger partial charge on any atom is -0.382 e. The minimum atomic E-state index is 0.473. The number of nitrogens with one attached hydrogen (secondary N) is 1. The van der Waals surface area contributed by atoms with E-state index in [9.17, 15) is 0 Å². The molecule has 0 spiro atoms. The van der Waals surface area contributed by atoms with Crippen LogP contribution >= 0.6 is 11.8 Å². The largest absolute Gasteiger partial charge is 0.382 e. The Balaban J connectivity index is 1.82. The summed E-state index contributed by atoms with van der Waals surface area (Å²) in [5.41, 5.74) is 6.69. The third kappa shape index (κ3) is 2.63. The Bertz CT molecular complexity index is 567. The lowest BCUT2D eigenvalue weighted by Crippen LogP contribution is -2.29. The molecule has 0 saturated heterocycles. The number of anilines is 2. The monoisotopic (exact) mass is 277 g/mol. The van der Waals surface area contributed by atoms with Crippen LogP contribution in [0, 0.1) is 0 Å². The summed E-state index contributed by atoms with van der Waals surface area (Å²) in [5.74, 6) is 1.32. The molecule has 0 aromatic carbocycles. The lowest BCUT2D eigenvalue weighted by Gasteiger charge is -2.29. The van der Waals surface area contributed by atoms with Crippen molar-refractivity contribution in [3.8, 4) is 0 Å². The fraction of sp³-hybridized carbons (Fsp3) is 0.538. The quantitative estimate of drug-likeness (QED) is 0.901. The molecule has 102 valence electrons. The highest BCUT2D eigenvalue weighted by molar-refractivity contribution is 7.99. The number of hydrogen-bond donors (Lipinski definition) is 2. The molecular formula is C13H19N5S. The zero-order valence-corrected chi connectivity index (χ0v) is 11.9. The molecular weight excluding hydrogens is 258 g/mol. The van der Waals surface area contributed by atoms with E-state index in [0.29, 0.717) is 11.9 Å². The molecule has 2 heterocycles. The van der Waals surface area contributed by atoms with Crippen LogP contribution in [-0.4, -0.2) is 31.9 Å². The van der Waals surface area contributed by atoms with E-state index < -0.39 is 0 Å². The minimum absolute atomic E-state index is 0.473. The van der Waals surface area contributed by atoms with E-state index in [2.05, 4.69) is 21.5 Å². The summed E-state index contributed by atoms with van der Waals surface area (Å²) < 4.78 is 1.92. The normalized spacial score (nSPS) is 23.6. The van der Waals surface area contributed by atoms with E-state index in [0.717, 1.165) is 16.7 Å². The van der Waals surface area contributed by atoms with E-state index in [1.807, 2.05) is 22.4 Å². The van der Waals surface area contributed by atoms with Gasteiger partial charge >= 0.3 is 0 Å². The molecule has 0 bridgehead atoms. The van der Waals surface area contributed by atoms with Crippen molar-refractivity contribution in [2.45, 2.75) is 37.0 Å². The first kappa shape index (κ1) is 12.6. The standard InChI is InChI=1S/C13H19N5S/c1-19-10-4-2-3-9(7-10)16-12-13-15-5-6-18(13)8-11(14)17-12/h5-6,8-10H,2-4,7,14H2,1H3,(H,16,17). The summed E-state index contributed by atoms with van der Waals surface area (Å²) in [6.45, 7) is 0. The molecule has 5 nitrogen and oxygen atoms in total. The Morgan fingerprint density at radius 1 is 1.47 bits per heavy atom. The van der Waals surface area contributed by atoms with Crippen molar-refractivity contribution in [3.05, 3.63) is 18.6 Å². The summed E-state index contributed by atoms with van der Waals surface area (Å²) >= 11 is 1.96. The molecule has 1 aliphatic carbocycles. The van der Waals surface area contributed by atoms with Crippen LogP contribution in [0.1, 0.15) is 25.7 Å². The number of thioether (sulfide) groups is 1. The van der Waals surface area contributed by atoms with Crippen LogP contribution in [-0.2, 0) is 0 Å². The zero-order valence-electron chi connectivity index (χ0n) is 11.0. The number of nitrogens with zero attached hydrogens (tertiary/aromatic N) is 3. The number of imidazole rings is 1. The van der Waals surface area contributed by atoms with Gasteiger partial charge in [0.1, 0.15) is 5.82 Å². The average Bonchev–Trinajstić information content (AvgIpc) is 2.87. The Morgan fingerprint density at radius 2 is 2.37 bits per heavy atom. The third-order valence-electron chi connectivity index (χ3n) is 3.69. The molecule has 2 aromatic rings. The van der Waals surface area contributed by atoms with Gasteiger partial charge in [0.25, 0.3) is 0 Å². The van der Waals surface area contributed by atoms with Crippen molar-refractivity contribution < 1.29 is 0 Å². The maximum atomic E-state index is 5.84. The number of nitrogens with two attached hydrogens (primary N) is 1. The second-order valence-corrected chi connectivity index (χ2v) is 6.18. The maximum Gasteiger partial charge on any atom is 0.180 e. The highest BCUT2D eigenvalue weighted by Crippen LogP contribution is 2.29. The topological polar surface area (TPSA) is 68.2 Å². The zero-order chi connectivity index (χ0) is 13.2. The SMILES string of the molecule is CSC1CCCC(Nc2nc(N)cn3ccnc23)C1. The van der Waals surface area contributed by atoms with Crippen LogP contribution in [0.25, 0.3) is 5.65 Å². The molecule has 6 heteroatoms. The summed E-state index contributed by atoms with van der Waals surface area (Å²) in [6.07, 6.45) is 12.6. The molecule has 1 aliphatic rings. The van der Waals surface area contributed by atoms with E-state index in [1.165, 1.54) is 25.7 Å². The number of nitrogen functional groups attached to an aromatic ring is 1. The fourth-order valence-corrected chi connectivity index (χ4v) is 3.56. The highest BCUT2D eigenvalue weighted by Gasteiger charge is 2.22. The van der Waals surface area contributed by atoms with Gasteiger partial charge in [0, 0.05) is 23.7 Å². The molecule has 3 N–H and O–H groups in total. The van der Waals surface area contributed by atoms with Crippen LogP contribution in [0.3, 0.4) is 0 Å².